The summed E-state index contributed by atoms with van der Waals surface area (Å²) in [5.74, 6) is -1.14. The highest BCUT2D eigenvalue weighted by molar-refractivity contribution is 6.31. The lowest BCUT2D eigenvalue weighted by molar-refractivity contribution is -0.118. The smallest absolute Gasteiger partial charge is 0.251 e. The molecule has 0 bridgehead atoms. The van der Waals surface area contributed by atoms with Crippen molar-refractivity contribution in [2.24, 2.45) is 0 Å². The van der Waals surface area contributed by atoms with Gasteiger partial charge in [0.1, 0.15) is 11.9 Å². The van der Waals surface area contributed by atoms with E-state index < -0.39 is 11.9 Å². The molecule has 1 fully saturated rings. The highest BCUT2D eigenvalue weighted by atomic mass is 35.5. The van der Waals surface area contributed by atoms with E-state index in [2.05, 4.69) is 5.32 Å². The van der Waals surface area contributed by atoms with Gasteiger partial charge in [0.25, 0.3) is 5.91 Å². The number of anilines is 1. The van der Waals surface area contributed by atoms with Gasteiger partial charge in [0.15, 0.2) is 0 Å². The molecule has 1 aliphatic rings. The molecule has 1 atom stereocenters. The molecule has 1 saturated heterocycles. The summed E-state index contributed by atoms with van der Waals surface area (Å²) in [6.07, 6.45) is 0.430. The predicted molar refractivity (Wildman–Crippen MR) is 86.1 cm³/mol. The number of benzene rings is 2. The lowest BCUT2D eigenvalue weighted by atomic mass is 10.2. The third kappa shape index (κ3) is 3.19. The molecule has 1 heterocycles. The quantitative estimate of drug-likeness (QED) is 0.939. The summed E-state index contributed by atoms with van der Waals surface area (Å²) < 4.78 is 13.8. The van der Waals surface area contributed by atoms with Crippen LogP contribution in [0.15, 0.2) is 48.5 Å². The Morgan fingerprint density at radius 1 is 1.22 bits per heavy atom. The van der Waals surface area contributed by atoms with Gasteiger partial charge in [0.05, 0.1) is 5.69 Å². The molecule has 4 nitrogen and oxygen atoms in total. The van der Waals surface area contributed by atoms with Crippen LogP contribution in [0.25, 0.3) is 0 Å². The normalized spacial score (nSPS) is 17.4. The van der Waals surface area contributed by atoms with Crippen LogP contribution in [0.1, 0.15) is 16.8 Å². The maximum Gasteiger partial charge on any atom is 0.251 e. The van der Waals surface area contributed by atoms with Gasteiger partial charge in [-0.15, -0.1) is 0 Å². The number of carbonyl (C=O) groups is 2. The van der Waals surface area contributed by atoms with Crippen molar-refractivity contribution in [1.82, 2.24) is 5.32 Å². The second kappa shape index (κ2) is 6.38. The van der Waals surface area contributed by atoms with E-state index in [0.29, 0.717) is 23.6 Å². The fourth-order valence-electron chi connectivity index (χ4n) is 2.59. The molecule has 0 aliphatic carbocycles. The molecule has 0 saturated carbocycles. The number of nitrogens with zero attached hydrogens (tertiary/aromatic N) is 1. The van der Waals surface area contributed by atoms with E-state index in [4.69, 9.17) is 11.6 Å². The van der Waals surface area contributed by atoms with Gasteiger partial charge < -0.3 is 10.2 Å². The van der Waals surface area contributed by atoms with Gasteiger partial charge in [0, 0.05) is 17.1 Å². The first kappa shape index (κ1) is 15.5. The topological polar surface area (TPSA) is 49.4 Å². The summed E-state index contributed by atoms with van der Waals surface area (Å²) in [5, 5.41) is 3.13. The van der Waals surface area contributed by atoms with Crippen LogP contribution in [-0.2, 0) is 4.79 Å². The Bertz CT molecular complexity index is 766. The molecular formula is C17H14ClFN2O2. The summed E-state index contributed by atoms with van der Waals surface area (Å²) in [6, 6.07) is 11.9. The first-order valence-corrected chi connectivity index (χ1v) is 7.56. The van der Waals surface area contributed by atoms with E-state index in [0.717, 1.165) is 0 Å². The van der Waals surface area contributed by atoms with Crippen molar-refractivity contribution in [1.29, 1.82) is 0 Å². The van der Waals surface area contributed by atoms with Gasteiger partial charge in [-0.2, -0.15) is 0 Å². The standard InChI is InChI=1S/C17H14ClFN2O2/c18-12-5-3-4-11(10-12)16(22)20-14-8-9-21(17(14)23)15-7-2-1-6-13(15)19/h1-7,10,14H,8-9H2,(H,20,22). The zero-order valence-corrected chi connectivity index (χ0v) is 12.9. The minimum absolute atomic E-state index is 0.233. The summed E-state index contributed by atoms with van der Waals surface area (Å²) in [7, 11) is 0. The molecule has 23 heavy (non-hydrogen) atoms. The molecule has 0 radical (unpaired) electrons. The van der Waals surface area contributed by atoms with E-state index in [1.807, 2.05) is 0 Å². The lowest BCUT2D eigenvalue weighted by Gasteiger charge is -2.17. The van der Waals surface area contributed by atoms with Crippen molar-refractivity contribution in [3.05, 3.63) is 64.9 Å². The van der Waals surface area contributed by atoms with Crippen molar-refractivity contribution in [2.45, 2.75) is 12.5 Å². The number of para-hydroxylation sites is 1. The summed E-state index contributed by atoms with van der Waals surface area (Å²) >= 11 is 5.86. The second-order valence-corrected chi connectivity index (χ2v) is 5.70. The van der Waals surface area contributed by atoms with Crippen molar-refractivity contribution in [2.75, 3.05) is 11.4 Å². The molecule has 0 spiro atoms. The molecular weight excluding hydrogens is 319 g/mol. The van der Waals surface area contributed by atoms with Crippen LogP contribution in [0, 0.1) is 5.82 Å². The van der Waals surface area contributed by atoms with Crippen LogP contribution in [0.4, 0.5) is 10.1 Å². The van der Waals surface area contributed by atoms with Gasteiger partial charge >= 0.3 is 0 Å². The minimum atomic E-state index is -0.666. The van der Waals surface area contributed by atoms with Crippen LogP contribution in [-0.4, -0.2) is 24.4 Å². The predicted octanol–water partition coefficient (Wildman–Crippen LogP) is 3.01. The summed E-state index contributed by atoms with van der Waals surface area (Å²) in [5.41, 5.74) is 0.617. The molecule has 2 amide bonds. The van der Waals surface area contributed by atoms with E-state index in [1.54, 1.807) is 36.4 Å². The molecule has 1 unspecified atom stereocenters. The van der Waals surface area contributed by atoms with E-state index >= 15 is 0 Å². The number of hydrogen-bond donors (Lipinski definition) is 1. The van der Waals surface area contributed by atoms with Gasteiger partial charge in [-0.25, -0.2) is 4.39 Å². The first-order valence-electron chi connectivity index (χ1n) is 7.18. The Hall–Kier alpha value is -2.40. The molecule has 3 rings (SSSR count). The van der Waals surface area contributed by atoms with E-state index in [-0.39, 0.29) is 17.5 Å². The molecule has 1 N–H and O–H groups in total. The zero-order chi connectivity index (χ0) is 16.4. The molecule has 2 aromatic carbocycles. The Kier molecular flexibility index (Phi) is 4.30. The van der Waals surface area contributed by atoms with Gasteiger partial charge in [-0.3, -0.25) is 9.59 Å². The van der Waals surface area contributed by atoms with Crippen molar-refractivity contribution < 1.29 is 14.0 Å². The first-order chi connectivity index (χ1) is 11.1. The summed E-state index contributed by atoms with van der Waals surface area (Å²) in [6.45, 7) is 0.361. The molecule has 0 aromatic heterocycles. The number of hydrogen-bond acceptors (Lipinski definition) is 2. The number of halogens is 2. The van der Waals surface area contributed by atoms with Gasteiger partial charge in [-0.05, 0) is 36.8 Å². The summed E-state index contributed by atoms with van der Waals surface area (Å²) in [4.78, 5) is 26.0. The van der Waals surface area contributed by atoms with Crippen molar-refractivity contribution >= 4 is 29.1 Å². The average Bonchev–Trinajstić information content (AvgIpc) is 2.89. The van der Waals surface area contributed by atoms with Gasteiger partial charge in [0.2, 0.25) is 5.91 Å². The average molecular weight is 333 g/mol. The van der Waals surface area contributed by atoms with Crippen LogP contribution in [0.2, 0.25) is 5.02 Å². The Morgan fingerprint density at radius 3 is 2.74 bits per heavy atom. The third-order valence-corrected chi connectivity index (χ3v) is 3.98. The monoisotopic (exact) mass is 332 g/mol. The molecule has 118 valence electrons. The van der Waals surface area contributed by atoms with Crippen molar-refractivity contribution in [3.63, 3.8) is 0 Å². The Morgan fingerprint density at radius 2 is 2.00 bits per heavy atom. The Labute approximate surface area is 137 Å². The highest BCUT2D eigenvalue weighted by Gasteiger charge is 2.34. The SMILES string of the molecule is O=C(NC1CCN(c2ccccc2F)C1=O)c1cccc(Cl)c1. The number of rotatable bonds is 3. The van der Waals surface area contributed by atoms with E-state index in [9.17, 15) is 14.0 Å². The van der Waals surface area contributed by atoms with E-state index in [1.165, 1.54) is 17.0 Å². The van der Waals surface area contributed by atoms with Crippen LogP contribution >= 0.6 is 11.6 Å². The lowest BCUT2D eigenvalue weighted by Crippen LogP contribution is -2.41. The second-order valence-electron chi connectivity index (χ2n) is 5.27. The maximum atomic E-state index is 13.8. The molecule has 1 aliphatic heterocycles. The van der Waals surface area contributed by atoms with Crippen LogP contribution in [0.5, 0.6) is 0 Å². The molecule has 2 aromatic rings. The number of amides is 2. The van der Waals surface area contributed by atoms with Gasteiger partial charge in [-0.1, -0.05) is 29.8 Å². The largest absolute Gasteiger partial charge is 0.340 e. The maximum absolute atomic E-state index is 13.8. The fourth-order valence-corrected chi connectivity index (χ4v) is 2.79. The third-order valence-electron chi connectivity index (χ3n) is 3.74. The highest BCUT2D eigenvalue weighted by Crippen LogP contribution is 2.24. The number of carbonyl (C=O) groups excluding carboxylic acids is 2. The molecule has 6 heteroatoms. The van der Waals surface area contributed by atoms with Crippen molar-refractivity contribution in [3.8, 4) is 0 Å². The van der Waals surface area contributed by atoms with Crippen LogP contribution < -0.4 is 10.2 Å². The Balaban J connectivity index is 1.72. The van der Waals surface area contributed by atoms with Crippen LogP contribution in [0.3, 0.4) is 0 Å². The number of nitrogens with one attached hydrogen (secondary N) is 1. The fraction of sp³-hybridized carbons (Fsp3) is 0.176. The zero-order valence-electron chi connectivity index (χ0n) is 12.1. The minimum Gasteiger partial charge on any atom is -0.340 e.